The van der Waals surface area contributed by atoms with Crippen molar-refractivity contribution in [1.29, 1.82) is 0 Å². The topological polar surface area (TPSA) is 57.5 Å². The van der Waals surface area contributed by atoms with Crippen LogP contribution < -0.4 is 5.30 Å². The van der Waals surface area contributed by atoms with Crippen LogP contribution in [0.2, 0.25) is 0 Å². The third-order valence-corrected chi connectivity index (χ3v) is 3.55. The van der Waals surface area contributed by atoms with Gasteiger partial charge in [0.15, 0.2) is 0 Å². The van der Waals surface area contributed by atoms with Crippen LogP contribution in [0, 0.1) is 3.57 Å². The predicted octanol–water partition coefficient (Wildman–Crippen LogP) is 1.09. The van der Waals surface area contributed by atoms with Gasteiger partial charge in [-0.3, -0.25) is 4.57 Å². The standard InChI is InChI=1S/C6H6IO3P/c7-5-3-1-2-4-6(5)11(8,9)10/h1-4H,(H2,8,9,10). The lowest BCUT2D eigenvalue weighted by Crippen LogP contribution is -2.06. The first-order valence-corrected chi connectivity index (χ1v) is 5.51. The van der Waals surface area contributed by atoms with Crippen LogP contribution in [0.15, 0.2) is 24.3 Å². The van der Waals surface area contributed by atoms with Gasteiger partial charge in [-0.25, -0.2) is 0 Å². The van der Waals surface area contributed by atoms with Gasteiger partial charge in [-0.05, 0) is 34.7 Å². The predicted molar refractivity (Wildman–Crippen MR) is 50.8 cm³/mol. The monoisotopic (exact) mass is 284 g/mol. The molecule has 2 N–H and O–H groups in total. The van der Waals surface area contributed by atoms with Crippen molar-refractivity contribution >= 4 is 35.5 Å². The molecule has 5 heteroatoms. The van der Waals surface area contributed by atoms with E-state index in [1.807, 2.05) is 22.6 Å². The fraction of sp³-hybridized carbons (Fsp3) is 0. The Labute approximate surface area is 77.7 Å². The van der Waals surface area contributed by atoms with Crippen molar-refractivity contribution in [2.24, 2.45) is 0 Å². The van der Waals surface area contributed by atoms with E-state index in [0.717, 1.165) is 0 Å². The zero-order valence-electron chi connectivity index (χ0n) is 5.44. The van der Waals surface area contributed by atoms with Gasteiger partial charge in [-0.1, -0.05) is 12.1 Å². The van der Waals surface area contributed by atoms with Crippen molar-refractivity contribution in [3.05, 3.63) is 27.8 Å². The highest BCUT2D eigenvalue weighted by molar-refractivity contribution is 14.1. The largest absolute Gasteiger partial charge is 0.357 e. The lowest BCUT2D eigenvalue weighted by molar-refractivity contribution is 0.387. The maximum Gasteiger partial charge on any atom is 0.357 e. The molecule has 0 radical (unpaired) electrons. The van der Waals surface area contributed by atoms with Crippen molar-refractivity contribution in [2.75, 3.05) is 0 Å². The van der Waals surface area contributed by atoms with E-state index in [2.05, 4.69) is 0 Å². The quantitative estimate of drug-likeness (QED) is 0.599. The SMILES string of the molecule is O=P(O)(O)c1ccccc1I. The number of hydrogen-bond acceptors (Lipinski definition) is 1. The number of benzene rings is 1. The average Bonchev–Trinajstić information content (AvgIpc) is 1.86. The van der Waals surface area contributed by atoms with E-state index >= 15 is 0 Å². The van der Waals surface area contributed by atoms with E-state index in [0.29, 0.717) is 3.57 Å². The van der Waals surface area contributed by atoms with Crippen LogP contribution in [0.1, 0.15) is 0 Å². The molecule has 0 amide bonds. The summed E-state index contributed by atoms with van der Waals surface area (Å²) in [5, 5.41) is 0.0978. The first-order chi connectivity index (χ1) is 5.02. The molecular formula is C6H6IO3P. The van der Waals surface area contributed by atoms with Crippen LogP contribution >= 0.6 is 30.2 Å². The summed E-state index contributed by atoms with van der Waals surface area (Å²) in [6.45, 7) is 0. The Hall–Kier alpha value is 0.100. The van der Waals surface area contributed by atoms with Crippen LogP contribution in [0.4, 0.5) is 0 Å². The van der Waals surface area contributed by atoms with Crippen LogP contribution in [0.25, 0.3) is 0 Å². The normalized spacial score (nSPS) is 11.5. The van der Waals surface area contributed by atoms with E-state index < -0.39 is 7.60 Å². The van der Waals surface area contributed by atoms with Gasteiger partial charge in [0, 0.05) is 3.57 Å². The number of hydrogen-bond donors (Lipinski definition) is 2. The molecule has 0 spiro atoms. The van der Waals surface area contributed by atoms with Gasteiger partial charge in [-0.2, -0.15) is 0 Å². The molecule has 0 bridgehead atoms. The van der Waals surface area contributed by atoms with Crippen molar-refractivity contribution in [3.63, 3.8) is 0 Å². The third kappa shape index (κ3) is 2.27. The van der Waals surface area contributed by atoms with Crippen molar-refractivity contribution in [3.8, 4) is 0 Å². The van der Waals surface area contributed by atoms with E-state index in [4.69, 9.17) is 9.79 Å². The minimum absolute atomic E-state index is 0.0978. The average molecular weight is 284 g/mol. The molecule has 0 unspecified atom stereocenters. The Morgan fingerprint density at radius 2 is 1.82 bits per heavy atom. The number of rotatable bonds is 1. The zero-order valence-corrected chi connectivity index (χ0v) is 8.49. The summed E-state index contributed by atoms with van der Waals surface area (Å²) in [6, 6.07) is 6.44. The summed E-state index contributed by atoms with van der Waals surface area (Å²) in [5.74, 6) is 0. The minimum Gasteiger partial charge on any atom is -0.321 e. The molecule has 0 heterocycles. The van der Waals surface area contributed by atoms with Crippen molar-refractivity contribution < 1.29 is 14.4 Å². The summed E-state index contributed by atoms with van der Waals surface area (Å²) >= 11 is 1.89. The molecule has 0 aliphatic rings. The van der Waals surface area contributed by atoms with Gasteiger partial charge >= 0.3 is 7.60 Å². The summed E-state index contributed by atoms with van der Waals surface area (Å²) in [5.41, 5.74) is 0. The molecule has 11 heavy (non-hydrogen) atoms. The number of halogens is 1. The highest BCUT2D eigenvalue weighted by Gasteiger charge is 2.18. The van der Waals surface area contributed by atoms with Gasteiger partial charge in [0.1, 0.15) is 0 Å². The summed E-state index contributed by atoms with van der Waals surface area (Å²) in [7, 11) is -4.06. The molecule has 0 fully saturated rings. The van der Waals surface area contributed by atoms with Gasteiger partial charge in [-0.15, -0.1) is 0 Å². The van der Waals surface area contributed by atoms with E-state index in [1.165, 1.54) is 6.07 Å². The van der Waals surface area contributed by atoms with Crippen molar-refractivity contribution in [1.82, 2.24) is 0 Å². The van der Waals surface area contributed by atoms with E-state index in [1.54, 1.807) is 18.2 Å². The maximum absolute atomic E-state index is 10.7. The van der Waals surface area contributed by atoms with Crippen LogP contribution in [-0.2, 0) is 4.57 Å². The first-order valence-electron chi connectivity index (χ1n) is 2.82. The lowest BCUT2D eigenvalue weighted by atomic mass is 10.4. The molecule has 0 saturated heterocycles. The highest BCUT2D eigenvalue weighted by atomic mass is 127. The first kappa shape index (κ1) is 9.19. The maximum atomic E-state index is 10.7. The molecule has 0 saturated carbocycles. The van der Waals surface area contributed by atoms with Crippen molar-refractivity contribution in [2.45, 2.75) is 0 Å². The van der Waals surface area contributed by atoms with Crippen LogP contribution in [0.5, 0.6) is 0 Å². The van der Waals surface area contributed by atoms with Gasteiger partial charge in [0.05, 0.1) is 5.30 Å². The van der Waals surface area contributed by atoms with E-state index in [-0.39, 0.29) is 5.30 Å². The van der Waals surface area contributed by atoms with E-state index in [9.17, 15) is 4.57 Å². The Morgan fingerprint density at radius 1 is 1.27 bits per heavy atom. The van der Waals surface area contributed by atoms with Crippen LogP contribution in [0.3, 0.4) is 0 Å². The molecule has 1 aromatic carbocycles. The van der Waals surface area contributed by atoms with Gasteiger partial charge in [0.2, 0.25) is 0 Å². The highest BCUT2D eigenvalue weighted by Crippen LogP contribution is 2.34. The Kier molecular flexibility index (Phi) is 2.70. The second kappa shape index (κ2) is 3.23. The van der Waals surface area contributed by atoms with Gasteiger partial charge in [0.25, 0.3) is 0 Å². The molecule has 0 aliphatic carbocycles. The molecule has 0 atom stereocenters. The minimum atomic E-state index is -4.06. The van der Waals surface area contributed by atoms with Gasteiger partial charge < -0.3 is 9.79 Å². The second-order valence-electron chi connectivity index (χ2n) is 2.00. The third-order valence-electron chi connectivity index (χ3n) is 1.17. The molecule has 1 aromatic rings. The fourth-order valence-electron chi connectivity index (χ4n) is 0.688. The molecule has 1 rings (SSSR count). The summed E-state index contributed by atoms with van der Waals surface area (Å²) in [6.07, 6.45) is 0. The fourth-order valence-corrected chi connectivity index (χ4v) is 2.65. The Morgan fingerprint density at radius 3 is 2.18 bits per heavy atom. The van der Waals surface area contributed by atoms with Crippen LogP contribution in [-0.4, -0.2) is 9.79 Å². The smallest absolute Gasteiger partial charge is 0.321 e. The Balaban J connectivity index is 3.25. The lowest BCUT2D eigenvalue weighted by Gasteiger charge is -2.04. The summed E-state index contributed by atoms with van der Waals surface area (Å²) < 4.78 is 11.3. The summed E-state index contributed by atoms with van der Waals surface area (Å²) in [4.78, 5) is 17.6. The second-order valence-corrected chi connectivity index (χ2v) is 4.73. The molecule has 60 valence electrons. The zero-order chi connectivity index (χ0) is 8.48. The Bertz CT molecular complexity index is 306. The molecule has 3 nitrogen and oxygen atoms in total. The molecule has 0 aliphatic heterocycles. The molecule has 0 aromatic heterocycles. The molecular weight excluding hydrogens is 278 g/mol.